The van der Waals surface area contributed by atoms with Crippen LogP contribution in [0, 0.1) is 0 Å². The lowest BCUT2D eigenvalue weighted by atomic mass is 10.0. The van der Waals surface area contributed by atoms with Crippen molar-refractivity contribution >= 4 is 5.97 Å². The van der Waals surface area contributed by atoms with Gasteiger partial charge in [-0.2, -0.15) is 0 Å². The van der Waals surface area contributed by atoms with Crippen LogP contribution in [-0.4, -0.2) is 25.0 Å². The lowest BCUT2D eigenvalue weighted by Crippen LogP contribution is -2.07. The summed E-state index contributed by atoms with van der Waals surface area (Å²) < 4.78 is 10.4. The monoisotopic (exact) mass is 238 g/mol. The number of rotatable bonds is 6. The zero-order valence-corrected chi connectivity index (χ0v) is 10.4. The van der Waals surface area contributed by atoms with Crippen LogP contribution < -0.4 is 4.74 Å². The van der Waals surface area contributed by atoms with Gasteiger partial charge in [-0.05, 0) is 36.1 Å². The zero-order valence-electron chi connectivity index (χ0n) is 10.4. The van der Waals surface area contributed by atoms with Crippen molar-refractivity contribution in [3.63, 3.8) is 0 Å². The molecule has 4 nitrogen and oxygen atoms in total. The average Bonchev–Trinajstić information content (AvgIpc) is 2.34. The molecule has 4 heteroatoms. The van der Waals surface area contributed by atoms with Crippen LogP contribution in [0.1, 0.15) is 35.3 Å². The van der Waals surface area contributed by atoms with E-state index in [0.717, 1.165) is 29.7 Å². The Morgan fingerprint density at radius 2 is 1.76 bits per heavy atom. The fourth-order valence-electron chi connectivity index (χ4n) is 1.71. The summed E-state index contributed by atoms with van der Waals surface area (Å²) in [5.74, 6) is -0.158. The molecule has 0 saturated heterocycles. The summed E-state index contributed by atoms with van der Waals surface area (Å²) in [5, 5.41) is 9.03. The third kappa shape index (κ3) is 3.20. The average molecular weight is 238 g/mol. The van der Waals surface area contributed by atoms with E-state index in [1.165, 1.54) is 0 Å². The largest absolute Gasteiger partial charge is 0.478 e. The molecule has 1 aromatic carbocycles. The van der Waals surface area contributed by atoms with Crippen molar-refractivity contribution in [3.05, 3.63) is 28.8 Å². The maximum absolute atomic E-state index is 11.0. The van der Waals surface area contributed by atoms with Gasteiger partial charge in [-0.3, -0.25) is 0 Å². The molecule has 0 aliphatic rings. The first-order chi connectivity index (χ1) is 8.13. The quantitative estimate of drug-likeness (QED) is 0.773. The van der Waals surface area contributed by atoms with Crippen molar-refractivity contribution in [2.45, 2.75) is 26.7 Å². The SMILES string of the molecule is CCc1cc(C(=O)O)cc(CC)c1OCOC. The number of hydrogen-bond acceptors (Lipinski definition) is 3. The van der Waals surface area contributed by atoms with Crippen LogP contribution in [0.25, 0.3) is 0 Å². The lowest BCUT2D eigenvalue weighted by Gasteiger charge is -2.15. The van der Waals surface area contributed by atoms with Crippen molar-refractivity contribution in [1.82, 2.24) is 0 Å². The van der Waals surface area contributed by atoms with Gasteiger partial charge in [0.05, 0.1) is 5.56 Å². The van der Waals surface area contributed by atoms with E-state index in [2.05, 4.69) is 0 Å². The first-order valence-corrected chi connectivity index (χ1v) is 5.64. The van der Waals surface area contributed by atoms with Crippen molar-refractivity contribution in [3.8, 4) is 5.75 Å². The normalized spacial score (nSPS) is 10.3. The number of carboxylic acids is 1. The molecule has 0 unspecified atom stereocenters. The molecule has 0 radical (unpaired) electrons. The van der Waals surface area contributed by atoms with E-state index in [1.807, 2.05) is 13.8 Å². The minimum absolute atomic E-state index is 0.173. The Hall–Kier alpha value is -1.55. The number of ether oxygens (including phenoxy) is 2. The predicted octanol–water partition coefficient (Wildman–Crippen LogP) is 2.49. The van der Waals surface area contributed by atoms with E-state index < -0.39 is 5.97 Å². The molecule has 0 spiro atoms. The summed E-state index contributed by atoms with van der Waals surface area (Å²) in [4.78, 5) is 11.0. The first-order valence-electron chi connectivity index (χ1n) is 5.64. The Balaban J connectivity index is 3.21. The second kappa shape index (κ2) is 6.25. The van der Waals surface area contributed by atoms with Crippen molar-refractivity contribution in [2.75, 3.05) is 13.9 Å². The van der Waals surface area contributed by atoms with Crippen molar-refractivity contribution in [2.24, 2.45) is 0 Å². The van der Waals surface area contributed by atoms with Crippen LogP contribution in [0.4, 0.5) is 0 Å². The van der Waals surface area contributed by atoms with E-state index in [0.29, 0.717) is 5.56 Å². The standard InChI is InChI=1S/C13H18O4/c1-4-9-6-11(13(14)15)7-10(5-2)12(9)17-8-16-3/h6-7H,4-5,8H2,1-3H3,(H,14,15). The minimum Gasteiger partial charge on any atom is -0.478 e. The van der Waals surface area contributed by atoms with Gasteiger partial charge in [0.15, 0.2) is 6.79 Å². The molecule has 0 atom stereocenters. The van der Waals surface area contributed by atoms with Gasteiger partial charge in [-0.25, -0.2) is 4.79 Å². The third-order valence-electron chi connectivity index (χ3n) is 2.57. The Kier molecular flexibility index (Phi) is 4.97. The van der Waals surface area contributed by atoms with Gasteiger partial charge in [0, 0.05) is 7.11 Å². The van der Waals surface area contributed by atoms with Crippen LogP contribution in [0.2, 0.25) is 0 Å². The predicted molar refractivity (Wildman–Crippen MR) is 64.7 cm³/mol. The fourth-order valence-corrected chi connectivity index (χ4v) is 1.71. The fraction of sp³-hybridized carbons (Fsp3) is 0.462. The maximum atomic E-state index is 11.0. The molecule has 1 N–H and O–H groups in total. The van der Waals surface area contributed by atoms with Crippen LogP contribution in [0.5, 0.6) is 5.75 Å². The number of aromatic carboxylic acids is 1. The van der Waals surface area contributed by atoms with E-state index >= 15 is 0 Å². The highest BCUT2D eigenvalue weighted by Crippen LogP contribution is 2.27. The zero-order chi connectivity index (χ0) is 12.8. The third-order valence-corrected chi connectivity index (χ3v) is 2.57. The Morgan fingerprint density at radius 1 is 1.24 bits per heavy atom. The Bertz CT molecular complexity index is 373. The second-order valence-corrected chi connectivity index (χ2v) is 3.69. The number of aryl methyl sites for hydroxylation is 2. The highest BCUT2D eigenvalue weighted by atomic mass is 16.7. The molecule has 0 amide bonds. The smallest absolute Gasteiger partial charge is 0.335 e. The highest BCUT2D eigenvalue weighted by molar-refractivity contribution is 5.88. The number of benzene rings is 1. The van der Waals surface area contributed by atoms with Gasteiger partial charge < -0.3 is 14.6 Å². The molecule has 0 saturated carbocycles. The maximum Gasteiger partial charge on any atom is 0.335 e. The highest BCUT2D eigenvalue weighted by Gasteiger charge is 2.13. The number of methoxy groups -OCH3 is 1. The van der Waals surface area contributed by atoms with Crippen LogP contribution in [0.3, 0.4) is 0 Å². The van der Waals surface area contributed by atoms with Crippen molar-refractivity contribution in [1.29, 1.82) is 0 Å². The van der Waals surface area contributed by atoms with Crippen molar-refractivity contribution < 1.29 is 19.4 Å². The number of carboxylic acid groups (broad SMARTS) is 1. The Labute approximate surface area is 101 Å². The number of carbonyl (C=O) groups is 1. The van der Waals surface area contributed by atoms with Gasteiger partial charge in [-0.1, -0.05) is 13.8 Å². The van der Waals surface area contributed by atoms with Gasteiger partial charge in [-0.15, -0.1) is 0 Å². The molecule has 0 aliphatic heterocycles. The molecule has 0 aromatic heterocycles. The van der Waals surface area contributed by atoms with Crippen LogP contribution in [-0.2, 0) is 17.6 Å². The first kappa shape index (κ1) is 13.5. The molecule has 0 heterocycles. The summed E-state index contributed by atoms with van der Waals surface area (Å²) >= 11 is 0. The van der Waals surface area contributed by atoms with E-state index in [-0.39, 0.29) is 6.79 Å². The Morgan fingerprint density at radius 3 is 2.12 bits per heavy atom. The van der Waals surface area contributed by atoms with E-state index in [1.54, 1.807) is 19.2 Å². The number of hydrogen-bond donors (Lipinski definition) is 1. The molecule has 94 valence electrons. The molecule has 1 aromatic rings. The lowest BCUT2D eigenvalue weighted by molar-refractivity contribution is 0.0497. The van der Waals surface area contributed by atoms with Gasteiger partial charge in [0.2, 0.25) is 0 Å². The van der Waals surface area contributed by atoms with E-state index in [4.69, 9.17) is 14.6 Å². The van der Waals surface area contributed by atoms with Gasteiger partial charge in [0.1, 0.15) is 5.75 Å². The summed E-state index contributed by atoms with van der Waals surface area (Å²) in [7, 11) is 1.56. The minimum atomic E-state index is -0.910. The second-order valence-electron chi connectivity index (χ2n) is 3.69. The van der Waals surface area contributed by atoms with E-state index in [9.17, 15) is 4.79 Å². The van der Waals surface area contributed by atoms with Gasteiger partial charge >= 0.3 is 5.97 Å². The summed E-state index contributed by atoms with van der Waals surface area (Å²) in [5.41, 5.74) is 2.11. The molecule has 0 bridgehead atoms. The molecule has 0 aliphatic carbocycles. The summed E-state index contributed by atoms with van der Waals surface area (Å²) in [6.07, 6.45) is 1.46. The summed E-state index contributed by atoms with van der Waals surface area (Å²) in [6.45, 7) is 4.12. The van der Waals surface area contributed by atoms with Crippen LogP contribution >= 0.6 is 0 Å². The topological polar surface area (TPSA) is 55.8 Å². The molecule has 17 heavy (non-hydrogen) atoms. The van der Waals surface area contributed by atoms with Gasteiger partial charge in [0.25, 0.3) is 0 Å². The molecular formula is C13H18O4. The molecular weight excluding hydrogens is 220 g/mol. The molecule has 0 fully saturated rings. The van der Waals surface area contributed by atoms with Crippen LogP contribution in [0.15, 0.2) is 12.1 Å². The molecule has 1 rings (SSSR count). The summed E-state index contributed by atoms with van der Waals surface area (Å²) in [6, 6.07) is 3.32.